The molecule has 0 atom stereocenters. The van der Waals surface area contributed by atoms with Crippen LogP contribution in [0.1, 0.15) is 74.2 Å². The largest absolute Gasteiger partial charge is 0.494 e. The average Bonchev–Trinajstić information content (AvgIpc) is 2.83. The van der Waals surface area contributed by atoms with Gasteiger partial charge in [-0.25, -0.2) is 5.43 Å². The van der Waals surface area contributed by atoms with Crippen LogP contribution in [0.25, 0.3) is 0 Å². The molecule has 2 rings (SSSR count). The fourth-order valence-electron chi connectivity index (χ4n) is 3.29. The Morgan fingerprint density at radius 1 is 0.875 bits per heavy atom. The van der Waals surface area contributed by atoms with Gasteiger partial charge in [0.25, 0.3) is 5.91 Å². The Morgan fingerprint density at radius 2 is 1.53 bits per heavy atom. The zero-order valence-electron chi connectivity index (χ0n) is 19.6. The Labute approximate surface area is 192 Å². The number of nitrogens with zero attached hydrogens (tertiary/aromatic N) is 1. The van der Waals surface area contributed by atoms with Crippen molar-refractivity contribution in [3.8, 4) is 17.2 Å². The molecule has 2 aromatic rings. The molecule has 0 spiro atoms. The summed E-state index contributed by atoms with van der Waals surface area (Å²) < 4.78 is 16.3. The average molecular weight is 441 g/mol. The smallest absolute Gasteiger partial charge is 0.271 e. The standard InChI is InChI=1S/C26H36N2O4/c1-4-5-6-7-8-9-10-11-18-32-23-15-13-22(14-16-23)26(29)28-27-20-21-12-17-24(30-2)25(19-21)31-3/h12-17,19-20H,4-11,18H2,1-3H3,(H,28,29)/b27-20+. The second-order valence-electron chi connectivity index (χ2n) is 7.66. The normalized spacial score (nSPS) is 10.8. The molecular formula is C26H36N2O4. The van der Waals surface area contributed by atoms with Crippen LogP contribution < -0.4 is 19.6 Å². The summed E-state index contributed by atoms with van der Waals surface area (Å²) in [4.78, 5) is 12.3. The first-order chi connectivity index (χ1) is 15.7. The first-order valence-electron chi connectivity index (χ1n) is 11.5. The van der Waals surface area contributed by atoms with Crippen LogP contribution in [0.5, 0.6) is 17.2 Å². The van der Waals surface area contributed by atoms with Gasteiger partial charge in [0, 0.05) is 5.56 Å². The van der Waals surface area contributed by atoms with Gasteiger partial charge in [-0.1, -0.05) is 51.9 Å². The summed E-state index contributed by atoms with van der Waals surface area (Å²) >= 11 is 0. The second-order valence-corrected chi connectivity index (χ2v) is 7.66. The van der Waals surface area contributed by atoms with Gasteiger partial charge in [0.1, 0.15) is 5.75 Å². The third kappa shape index (κ3) is 9.00. The molecule has 174 valence electrons. The molecule has 0 aliphatic rings. The number of ether oxygens (including phenoxy) is 3. The summed E-state index contributed by atoms with van der Waals surface area (Å²) in [5.41, 5.74) is 3.84. The zero-order valence-corrected chi connectivity index (χ0v) is 19.6. The molecule has 0 heterocycles. The number of hydrogen-bond donors (Lipinski definition) is 1. The highest BCUT2D eigenvalue weighted by molar-refractivity contribution is 5.95. The van der Waals surface area contributed by atoms with E-state index in [2.05, 4.69) is 17.5 Å². The molecule has 0 aromatic heterocycles. The molecule has 0 saturated carbocycles. The van der Waals surface area contributed by atoms with Crippen LogP contribution in [0.4, 0.5) is 0 Å². The molecule has 0 fully saturated rings. The van der Waals surface area contributed by atoms with Gasteiger partial charge in [0.2, 0.25) is 0 Å². The van der Waals surface area contributed by atoms with Gasteiger partial charge in [0.05, 0.1) is 27.0 Å². The van der Waals surface area contributed by atoms with Gasteiger partial charge in [-0.2, -0.15) is 5.10 Å². The Hall–Kier alpha value is -3.02. The Bertz CT molecular complexity index is 834. The van der Waals surface area contributed by atoms with Gasteiger partial charge in [0.15, 0.2) is 11.5 Å². The van der Waals surface area contributed by atoms with E-state index < -0.39 is 0 Å². The molecule has 6 nitrogen and oxygen atoms in total. The Kier molecular flexibility index (Phi) is 11.7. The predicted molar refractivity (Wildman–Crippen MR) is 129 cm³/mol. The molecule has 0 bridgehead atoms. The second kappa shape index (κ2) is 14.9. The van der Waals surface area contributed by atoms with E-state index in [0.29, 0.717) is 23.7 Å². The molecule has 1 N–H and O–H groups in total. The summed E-state index contributed by atoms with van der Waals surface area (Å²) in [6, 6.07) is 12.5. The monoisotopic (exact) mass is 440 g/mol. The summed E-state index contributed by atoms with van der Waals surface area (Å²) in [5.74, 6) is 1.73. The van der Waals surface area contributed by atoms with Crippen molar-refractivity contribution in [2.45, 2.75) is 58.3 Å². The molecule has 1 amide bonds. The number of rotatable bonds is 15. The van der Waals surface area contributed by atoms with Gasteiger partial charge in [-0.05, 0) is 54.4 Å². The van der Waals surface area contributed by atoms with Crippen molar-refractivity contribution < 1.29 is 19.0 Å². The number of carbonyl (C=O) groups excluding carboxylic acids is 1. The molecule has 0 unspecified atom stereocenters. The van der Waals surface area contributed by atoms with Crippen LogP contribution in [0, 0.1) is 0 Å². The molecular weight excluding hydrogens is 404 g/mol. The maximum atomic E-state index is 12.3. The number of unbranched alkanes of at least 4 members (excludes halogenated alkanes) is 7. The molecule has 0 saturated heterocycles. The van der Waals surface area contributed by atoms with Crippen LogP contribution in [-0.2, 0) is 0 Å². The van der Waals surface area contributed by atoms with E-state index in [1.807, 2.05) is 18.2 Å². The van der Waals surface area contributed by atoms with E-state index in [1.54, 1.807) is 44.7 Å². The molecule has 32 heavy (non-hydrogen) atoms. The molecule has 2 aromatic carbocycles. The summed E-state index contributed by atoms with van der Waals surface area (Å²) in [6.07, 6.45) is 11.7. The van der Waals surface area contributed by atoms with Crippen LogP contribution >= 0.6 is 0 Å². The van der Waals surface area contributed by atoms with Gasteiger partial charge in [-0.15, -0.1) is 0 Å². The molecule has 6 heteroatoms. The first kappa shape index (κ1) is 25.2. The SMILES string of the molecule is CCCCCCCCCCOc1ccc(C(=O)N/N=C/c2ccc(OC)c(OC)c2)cc1. The lowest BCUT2D eigenvalue weighted by Crippen LogP contribution is -2.17. The van der Waals surface area contributed by atoms with E-state index in [1.165, 1.54) is 44.9 Å². The third-order valence-corrected chi connectivity index (χ3v) is 5.17. The number of carbonyl (C=O) groups is 1. The van der Waals surface area contributed by atoms with Gasteiger partial charge < -0.3 is 14.2 Å². The highest BCUT2D eigenvalue weighted by Gasteiger charge is 2.06. The maximum absolute atomic E-state index is 12.3. The molecule has 0 aliphatic carbocycles. The van der Waals surface area contributed by atoms with Gasteiger partial charge >= 0.3 is 0 Å². The highest BCUT2D eigenvalue weighted by Crippen LogP contribution is 2.26. The summed E-state index contributed by atoms with van der Waals surface area (Å²) in [7, 11) is 3.15. The van der Waals surface area contributed by atoms with Crippen molar-refractivity contribution in [2.75, 3.05) is 20.8 Å². The summed E-state index contributed by atoms with van der Waals surface area (Å²) in [6.45, 7) is 2.95. The lowest BCUT2D eigenvalue weighted by molar-refractivity contribution is 0.0955. The quantitative estimate of drug-likeness (QED) is 0.210. The number of hydrogen-bond acceptors (Lipinski definition) is 5. The minimum atomic E-state index is -0.281. The number of methoxy groups -OCH3 is 2. The van der Waals surface area contributed by atoms with Crippen molar-refractivity contribution in [1.29, 1.82) is 0 Å². The lowest BCUT2D eigenvalue weighted by Gasteiger charge is -2.08. The number of benzene rings is 2. The van der Waals surface area contributed by atoms with E-state index in [9.17, 15) is 4.79 Å². The first-order valence-corrected chi connectivity index (χ1v) is 11.5. The topological polar surface area (TPSA) is 69.2 Å². The molecule has 0 aliphatic heterocycles. The predicted octanol–water partition coefficient (Wildman–Crippen LogP) is 5.99. The van der Waals surface area contributed by atoms with E-state index in [-0.39, 0.29) is 5.91 Å². The fraction of sp³-hybridized carbons (Fsp3) is 0.462. The van der Waals surface area contributed by atoms with Crippen molar-refractivity contribution >= 4 is 12.1 Å². The van der Waals surface area contributed by atoms with Gasteiger partial charge in [-0.3, -0.25) is 4.79 Å². The van der Waals surface area contributed by atoms with Crippen LogP contribution in [0.2, 0.25) is 0 Å². The minimum Gasteiger partial charge on any atom is -0.494 e. The Balaban J connectivity index is 1.70. The lowest BCUT2D eigenvalue weighted by atomic mass is 10.1. The minimum absolute atomic E-state index is 0.281. The van der Waals surface area contributed by atoms with Crippen molar-refractivity contribution in [2.24, 2.45) is 5.10 Å². The van der Waals surface area contributed by atoms with Crippen LogP contribution in [0.3, 0.4) is 0 Å². The summed E-state index contributed by atoms with van der Waals surface area (Å²) in [5, 5.41) is 4.02. The number of amides is 1. The van der Waals surface area contributed by atoms with Crippen molar-refractivity contribution in [3.63, 3.8) is 0 Å². The highest BCUT2D eigenvalue weighted by atomic mass is 16.5. The third-order valence-electron chi connectivity index (χ3n) is 5.17. The number of nitrogens with one attached hydrogen (secondary N) is 1. The van der Waals surface area contributed by atoms with E-state index in [0.717, 1.165) is 17.7 Å². The van der Waals surface area contributed by atoms with Crippen LogP contribution in [-0.4, -0.2) is 32.9 Å². The molecule has 0 radical (unpaired) electrons. The fourth-order valence-corrected chi connectivity index (χ4v) is 3.29. The van der Waals surface area contributed by atoms with E-state index >= 15 is 0 Å². The number of hydrazone groups is 1. The van der Waals surface area contributed by atoms with Crippen molar-refractivity contribution in [3.05, 3.63) is 53.6 Å². The van der Waals surface area contributed by atoms with Crippen LogP contribution in [0.15, 0.2) is 47.6 Å². The maximum Gasteiger partial charge on any atom is 0.271 e. The zero-order chi connectivity index (χ0) is 23.0. The van der Waals surface area contributed by atoms with Crippen molar-refractivity contribution in [1.82, 2.24) is 5.43 Å². The van der Waals surface area contributed by atoms with E-state index in [4.69, 9.17) is 14.2 Å². The Morgan fingerprint density at radius 3 is 2.19 bits per heavy atom.